The first kappa shape index (κ1) is 17.2. The fourth-order valence-corrected chi connectivity index (χ4v) is 4.74. The Morgan fingerprint density at radius 3 is 1.64 bits per heavy atom. The van der Waals surface area contributed by atoms with Crippen molar-refractivity contribution in [2.75, 3.05) is 13.1 Å². The molecular formula is C20H32N2. The fourth-order valence-electron chi connectivity index (χ4n) is 4.74. The van der Waals surface area contributed by atoms with Gasteiger partial charge in [-0.25, -0.2) is 0 Å². The van der Waals surface area contributed by atoms with E-state index in [1.807, 2.05) is 0 Å². The Bertz CT molecular complexity index is 516. The molecule has 22 heavy (non-hydrogen) atoms. The van der Waals surface area contributed by atoms with Crippen LogP contribution in [-0.2, 0) is 0 Å². The number of allylic oxidation sites excluding steroid dienone is 4. The van der Waals surface area contributed by atoms with Crippen molar-refractivity contribution in [1.29, 1.82) is 0 Å². The molecule has 0 fully saturated rings. The highest BCUT2D eigenvalue weighted by atomic mass is 15.3. The molecule has 0 saturated heterocycles. The summed E-state index contributed by atoms with van der Waals surface area (Å²) in [5.41, 5.74) is 11.7. The maximum Gasteiger partial charge on any atom is 0.0414 e. The fraction of sp³-hybridized carbons (Fsp3) is 0.600. The van der Waals surface area contributed by atoms with Crippen molar-refractivity contribution in [1.82, 2.24) is 4.90 Å². The van der Waals surface area contributed by atoms with Gasteiger partial charge in [-0.1, -0.05) is 46.6 Å². The molecule has 2 rings (SSSR count). The quantitative estimate of drug-likeness (QED) is 0.836. The van der Waals surface area contributed by atoms with Crippen LogP contribution in [0.3, 0.4) is 0 Å². The topological polar surface area (TPSA) is 29.3 Å². The van der Waals surface area contributed by atoms with E-state index in [9.17, 15) is 0 Å². The van der Waals surface area contributed by atoms with Crippen molar-refractivity contribution >= 4 is 0 Å². The zero-order chi connectivity index (χ0) is 16.5. The van der Waals surface area contributed by atoms with E-state index in [-0.39, 0.29) is 11.1 Å². The first-order valence-electron chi connectivity index (χ1n) is 8.40. The molecule has 0 aromatic heterocycles. The van der Waals surface area contributed by atoms with Gasteiger partial charge in [0.25, 0.3) is 0 Å². The maximum absolute atomic E-state index is 5.99. The summed E-state index contributed by atoms with van der Waals surface area (Å²) in [6, 6.07) is 0. The van der Waals surface area contributed by atoms with Gasteiger partial charge in [0.15, 0.2) is 0 Å². The minimum absolute atomic E-state index is 0.0332. The van der Waals surface area contributed by atoms with E-state index in [4.69, 9.17) is 5.73 Å². The van der Waals surface area contributed by atoms with Gasteiger partial charge >= 0.3 is 0 Å². The summed E-state index contributed by atoms with van der Waals surface area (Å²) in [5.74, 6) is 0. The van der Waals surface area contributed by atoms with E-state index in [0.717, 1.165) is 19.4 Å². The van der Waals surface area contributed by atoms with Crippen LogP contribution in [0.4, 0.5) is 0 Å². The first-order chi connectivity index (χ1) is 10.2. The molecule has 2 nitrogen and oxygen atoms in total. The van der Waals surface area contributed by atoms with E-state index in [1.165, 1.54) is 22.3 Å². The van der Waals surface area contributed by atoms with E-state index in [0.29, 0.717) is 6.54 Å². The minimum Gasteiger partial charge on any atom is -0.329 e. The van der Waals surface area contributed by atoms with Gasteiger partial charge in [-0.3, -0.25) is 4.90 Å². The molecule has 0 bridgehead atoms. The van der Waals surface area contributed by atoms with Crippen LogP contribution in [-0.4, -0.2) is 29.1 Å². The van der Waals surface area contributed by atoms with Crippen LogP contribution in [0.25, 0.3) is 0 Å². The summed E-state index contributed by atoms with van der Waals surface area (Å²) in [5, 5.41) is 0. The van der Waals surface area contributed by atoms with Crippen LogP contribution in [0, 0.1) is 0 Å². The standard InChI is InChI=1S/C20H32N2/c1-15-9-16(2)12-19(5,11-15)22(8-7-21)20(6)13-17(3)10-18(4)14-20/h9-11,13H,7-8,12,14,21H2,1-6H3. The number of rotatable bonds is 4. The van der Waals surface area contributed by atoms with E-state index < -0.39 is 0 Å². The minimum atomic E-state index is 0.0332. The third kappa shape index (κ3) is 3.44. The molecule has 2 atom stereocenters. The number of nitrogens with two attached hydrogens (primary N) is 1. The molecule has 2 unspecified atom stereocenters. The zero-order valence-corrected chi connectivity index (χ0v) is 15.2. The van der Waals surface area contributed by atoms with Crippen LogP contribution in [0.2, 0.25) is 0 Å². The summed E-state index contributed by atoms with van der Waals surface area (Å²) >= 11 is 0. The summed E-state index contributed by atoms with van der Waals surface area (Å²) in [4.78, 5) is 2.62. The molecule has 2 heteroatoms. The predicted molar refractivity (Wildman–Crippen MR) is 96.8 cm³/mol. The highest BCUT2D eigenvalue weighted by Crippen LogP contribution is 2.40. The molecule has 122 valence electrons. The van der Waals surface area contributed by atoms with Crippen molar-refractivity contribution in [3.05, 3.63) is 46.6 Å². The van der Waals surface area contributed by atoms with Gasteiger partial charge in [0, 0.05) is 24.2 Å². The van der Waals surface area contributed by atoms with Gasteiger partial charge in [-0.2, -0.15) is 0 Å². The lowest BCUT2D eigenvalue weighted by Gasteiger charge is -2.52. The molecule has 2 aliphatic rings. The third-order valence-electron chi connectivity index (χ3n) is 4.88. The van der Waals surface area contributed by atoms with Gasteiger partial charge in [0.05, 0.1) is 0 Å². The van der Waals surface area contributed by atoms with Gasteiger partial charge < -0.3 is 5.73 Å². The van der Waals surface area contributed by atoms with Crippen molar-refractivity contribution in [3.63, 3.8) is 0 Å². The Kier molecular flexibility index (Phi) is 4.84. The normalized spacial score (nSPS) is 32.4. The second-order valence-corrected chi connectivity index (χ2v) is 7.77. The van der Waals surface area contributed by atoms with Crippen molar-refractivity contribution in [2.45, 2.75) is 65.5 Å². The van der Waals surface area contributed by atoms with Crippen molar-refractivity contribution in [3.8, 4) is 0 Å². The predicted octanol–water partition coefficient (Wildman–Crippen LogP) is 4.36. The SMILES string of the molecule is CC1=CC(C)(N(CCN)C2(C)C=C(C)C=C(C)C2)CC(C)=C1. The van der Waals surface area contributed by atoms with Gasteiger partial charge in [0.1, 0.15) is 0 Å². The number of nitrogens with zero attached hydrogens (tertiary/aromatic N) is 1. The van der Waals surface area contributed by atoms with Crippen LogP contribution in [0.15, 0.2) is 46.6 Å². The Morgan fingerprint density at radius 1 is 0.909 bits per heavy atom. The van der Waals surface area contributed by atoms with Gasteiger partial charge in [-0.05, 0) is 54.4 Å². The van der Waals surface area contributed by atoms with E-state index in [1.54, 1.807) is 0 Å². The molecular weight excluding hydrogens is 268 g/mol. The Labute approximate surface area is 136 Å². The zero-order valence-electron chi connectivity index (χ0n) is 15.2. The molecule has 0 amide bonds. The second-order valence-electron chi connectivity index (χ2n) is 7.77. The molecule has 0 aliphatic heterocycles. The highest BCUT2D eigenvalue weighted by molar-refractivity contribution is 5.37. The van der Waals surface area contributed by atoms with Gasteiger partial charge in [-0.15, -0.1) is 0 Å². The lowest BCUT2D eigenvalue weighted by molar-refractivity contribution is 0.0527. The molecule has 0 radical (unpaired) electrons. The van der Waals surface area contributed by atoms with E-state index in [2.05, 4.69) is 70.7 Å². The largest absolute Gasteiger partial charge is 0.329 e. The lowest BCUT2D eigenvalue weighted by atomic mass is 9.77. The Balaban J connectivity index is 2.43. The molecule has 0 spiro atoms. The van der Waals surface area contributed by atoms with E-state index >= 15 is 0 Å². The smallest absolute Gasteiger partial charge is 0.0414 e. The van der Waals surface area contributed by atoms with Crippen molar-refractivity contribution in [2.24, 2.45) is 5.73 Å². The van der Waals surface area contributed by atoms with Crippen LogP contribution >= 0.6 is 0 Å². The summed E-state index contributed by atoms with van der Waals surface area (Å²) in [6.07, 6.45) is 11.6. The lowest BCUT2D eigenvalue weighted by Crippen LogP contribution is -2.59. The van der Waals surface area contributed by atoms with Crippen LogP contribution in [0.1, 0.15) is 54.4 Å². The molecule has 2 N–H and O–H groups in total. The molecule has 0 heterocycles. The Hall–Kier alpha value is -1.12. The average Bonchev–Trinajstić information content (AvgIpc) is 2.31. The summed E-state index contributed by atoms with van der Waals surface area (Å²) in [7, 11) is 0. The summed E-state index contributed by atoms with van der Waals surface area (Å²) in [6.45, 7) is 15.2. The molecule has 0 saturated carbocycles. The van der Waals surface area contributed by atoms with Crippen LogP contribution in [0.5, 0.6) is 0 Å². The van der Waals surface area contributed by atoms with Crippen molar-refractivity contribution < 1.29 is 0 Å². The Morgan fingerprint density at radius 2 is 1.32 bits per heavy atom. The molecule has 2 aliphatic carbocycles. The molecule has 0 aromatic carbocycles. The number of hydrogen-bond acceptors (Lipinski definition) is 2. The first-order valence-corrected chi connectivity index (χ1v) is 8.40. The van der Waals surface area contributed by atoms with Gasteiger partial charge in [0.2, 0.25) is 0 Å². The number of hydrogen-bond donors (Lipinski definition) is 1. The second kappa shape index (κ2) is 6.17. The molecule has 0 aromatic rings. The maximum atomic E-state index is 5.99. The monoisotopic (exact) mass is 300 g/mol. The average molecular weight is 300 g/mol. The van der Waals surface area contributed by atoms with Crippen LogP contribution < -0.4 is 5.73 Å². The summed E-state index contributed by atoms with van der Waals surface area (Å²) < 4.78 is 0. The highest BCUT2D eigenvalue weighted by Gasteiger charge is 2.42. The third-order valence-corrected chi connectivity index (χ3v) is 4.88.